The summed E-state index contributed by atoms with van der Waals surface area (Å²) in [5.74, 6) is 0. The van der Waals surface area contributed by atoms with E-state index in [2.05, 4.69) is 59.7 Å². The quantitative estimate of drug-likeness (QED) is 0.782. The van der Waals surface area contributed by atoms with E-state index in [9.17, 15) is 0 Å². The van der Waals surface area contributed by atoms with Crippen molar-refractivity contribution in [1.29, 1.82) is 0 Å². The summed E-state index contributed by atoms with van der Waals surface area (Å²) >= 11 is 0. The third kappa shape index (κ3) is 2.14. The molecule has 0 radical (unpaired) electrons. The normalized spacial score (nSPS) is 18.3. The van der Waals surface area contributed by atoms with Crippen LogP contribution in [0, 0.1) is 0 Å². The molecule has 1 aliphatic rings. The van der Waals surface area contributed by atoms with Crippen molar-refractivity contribution in [2.45, 2.75) is 19.4 Å². The van der Waals surface area contributed by atoms with Gasteiger partial charge in [0.1, 0.15) is 0 Å². The van der Waals surface area contributed by atoms with Crippen molar-refractivity contribution in [3.63, 3.8) is 0 Å². The highest BCUT2D eigenvalue weighted by Gasteiger charge is 2.17. The number of para-hydroxylation sites is 2. The van der Waals surface area contributed by atoms with Crippen molar-refractivity contribution in [1.82, 2.24) is 0 Å². The van der Waals surface area contributed by atoms with Gasteiger partial charge in [-0.3, -0.25) is 4.99 Å². The van der Waals surface area contributed by atoms with Gasteiger partial charge in [-0.2, -0.15) is 0 Å². The van der Waals surface area contributed by atoms with E-state index in [-0.39, 0.29) is 0 Å². The van der Waals surface area contributed by atoms with Crippen LogP contribution < -0.4 is 5.32 Å². The van der Waals surface area contributed by atoms with Crippen molar-refractivity contribution in [2.24, 2.45) is 4.99 Å². The molecule has 18 heavy (non-hydrogen) atoms. The van der Waals surface area contributed by atoms with E-state index in [1.54, 1.807) is 0 Å². The number of fused-ring (bicyclic) bond motifs is 1. The van der Waals surface area contributed by atoms with Crippen molar-refractivity contribution in [3.05, 3.63) is 60.2 Å². The van der Waals surface area contributed by atoms with Crippen LogP contribution in [-0.2, 0) is 0 Å². The molecule has 2 aromatic carbocycles. The van der Waals surface area contributed by atoms with Gasteiger partial charge in [-0.1, -0.05) is 42.5 Å². The number of nitrogens with zero attached hydrogens (tertiary/aromatic N) is 1. The first-order valence-corrected chi connectivity index (χ1v) is 6.27. The molecule has 2 heteroatoms. The van der Waals surface area contributed by atoms with E-state index in [0.29, 0.717) is 6.04 Å². The number of hydrogen-bond acceptors (Lipinski definition) is 2. The highest BCUT2D eigenvalue weighted by Crippen LogP contribution is 2.33. The van der Waals surface area contributed by atoms with Crippen molar-refractivity contribution >= 4 is 17.1 Å². The zero-order chi connectivity index (χ0) is 12.4. The zero-order valence-electron chi connectivity index (χ0n) is 10.4. The summed E-state index contributed by atoms with van der Waals surface area (Å²) in [6.07, 6.45) is 0.943. The van der Waals surface area contributed by atoms with Gasteiger partial charge in [0.2, 0.25) is 0 Å². The molecule has 1 aliphatic heterocycles. The smallest absolute Gasteiger partial charge is 0.0860 e. The first kappa shape index (κ1) is 11.0. The van der Waals surface area contributed by atoms with E-state index in [4.69, 9.17) is 0 Å². The van der Waals surface area contributed by atoms with E-state index in [1.807, 2.05) is 12.1 Å². The van der Waals surface area contributed by atoms with Gasteiger partial charge in [0, 0.05) is 12.1 Å². The minimum absolute atomic E-state index is 0.304. The molecule has 0 aromatic heterocycles. The maximum absolute atomic E-state index is 4.67. The summed E-state index contributed by atoms with van der Waals surface area (Å²) < 4.78 is 0. The molecule has 3 rings (SSSR count). The van der Waals surface area contributed by atoms with Crippen LogP contribution in [0.25, 0.3) is 0 Å². The summed E-state index contributed by atoms with van der Waals surface area (Å²) in [5, 5.41) is 3.59. The predicted octanol–water partition coefficient (Wildman–Crippen LogP) is 4.34. The molecule has 0 unspecified atom stereocenters. The van der Waals surface area contributed by atoms with Crippen LogP contribution in [0.2, 0.25) is 0 Å². The molecule has 2 nitrogen and oxygen atoms in total. The Kier molecular flexibility index (Phi) is 2.85. The van der Waals surface area contributed by atoms with Crippen LogP contribution in [0.15, 0.2) is 59.6 Å². The standard InChI is InChI=1S/C16H16N2/c1-12-11-16(13-7-3-2-4-8-13)18-15-10-6-5-9-14(15)17-12/h2-10,16,18H,11H2,1H3/t16-/m0/s1. The molecule has 0 amide bonds. The number of anilines is 1. The second-order valence-corrected chi connectivity index (χ2v) is 4.68. The summed E-state index contributed by atoms with van der Waals surface area (Å²) in [6, 6.07) is 19.1. The largest absolute Gasteiger partial charge is 0.376 e. The van der Waals surface area contributed by atoms with Crippen molar-refractivity contribution in [3.8, 4) is 0 Å². The Morgan fingerprint density at radius 3 is 2.56 bits per heavy atom. The predicted molar refractivity (Wildman–Crippen MR) is 76.6 cm³/mol. The van der Waals surface area contributed by atoms with Gasteiger partial charge in [0.25, 0.3) is 0 Å². The fourth-order valence-corrected chi connectivity index (χ4v) is 2.37. The highest BCUT2D eigenvalue weighted by molar-refractivity contribution is 5.89. The molecule has 1 heterocycles. The Labute approximate surface area is 107 Å². The van der Waals surface area contributed by atoms with Gasteiger partial charge in [0.05, 0.1) is 17.4 Å². The molecule has 0 fully saturated rings. The lowest BCUT2D eigenvalue weighted by Crippen LogP contribution is -2.12. The van der Waals surface area contributed by atoms with Crippen LogP contribution in [0.3, 0.4) is 0 Å². The molecule has 1 atom stereocenters. The molecule has 0 aliphatic carbocycles. The second-order valence-electron chi connectivity index (χ2n) is 4.68. The first-order valence-electron chi connectivity index (χ1n) is 6.27. The monoisotopic (exact) mass is 236 g/mol. The van der Waals surface area contributed by atoms with E-state index in [0.717, 1.165) is 17.8 Å². The number of nitrogens with one attached hydrogen (secondary N) is 1. The lowest BCUT2D eigenvalue weighted by molar-refractivity contribution is 0.826. The van der Waals surface area contributed by atoms with E-state index in [1.165, 1.54) is 11.3 Å². The molecule has 0 saturated heterocycles. The Morgan fingerprint density at radius 1 is 1.00 bits per heavy atom. The number of hydrogen-bond donors (Lipinski definition) is 1. The molecule has 2 aromatic rings. The molecular formula is C16H16N2. The SMILES string of the molecule is CC1=Nc2ccccc2N[C@H](c2ccccc2)C1. The lowest BCUT2D eigenvalue weighted by atomic mass is 10.0. The molecule has 0 spiro atoms. The summed E-state index contributed by atoms with van der Waals surface area (Å²) in [7, 11) is 0. The zero-order valence-corrected chi connectivity index (χ0v) is 10.4. The lowest BCUT2D eigenvalue weighted by Gasteiger charge is -2.18. The number of aliphatic imine (C=N–C) groups is 1. The average molecular weight is 236 g/mol. The van der Waals surface area contributed by atoms with Crippen molar-refractivity contribution < 1.29 is 0 Å². The maximum atomic E-state index is 4.67. The van der Waals surface area contributed by atoms with Gasteiger partial charge in [-0.15, -0.1) is 0 Å². The van der Waals surface area contributed by atoms with Crippen LogP contribution in [0.1, 0.15) is 24.9 Å². The van der Waals surface area contributed by atoms with Gasteiger partial charge in [0.15, 0.2) is 0 Å². The van der Waals surface area contributed by atoms with Crippen LogP contribution >= 0.6 is 0 Å². The summed E-state index contributed by atoms with van der Waals surface area (Å²) in [6.45, 7) is 2.10. The molecular weight excluding hydrogens is 220 g/mol. The summed E-state index contributed by atoms with van der Waals surface area (Å²) in [4.78, 5) is 4.67. The fourth-order valence-electron chi connectivity index (χ4n) is 2.37. The van der Waals surface area contributed by atoms with Crippen LogP contribution in [0.4, 0.5) is 11.4 Å². The highest BCUT2D eigenvalue weighted by atomic mass is 15.0. The number of rotatable bonds is 1. The third-order valence-electron chi connectivity index (χ3n) is 3.25. The maximum Gasteiger partial charge on any atom is 0.0860 e. The Bertz CT molecular complexity index is 573. The molecule has 0 saturated carbocycles. The van der Waals surface area contributed by atoms with Gasteiger partial charge in [-0.25, -0.2) is 0 Å². The summed E-state index contributed by atoms with van der Waals surface area (Å²) in [5.41, 5.74) is 4.63. The molecule has 1 N–H and O–H groups in total. The fraction of sp³-hybridized carbons (Fsp3) is 0.188. The third-order valence-corrected chi connectivity index (χ3v) is 3.25. The van der Waals surface area contributed by atoms with E-state index < -0.39 is 0 Å². The Hall–Kier alpha value is -2.09. The first-order chi connectivity index (χ1) is 8.83. The van der Waals surface area contributed by atoms with Gasteiger partial charge in [-0.05, 0) is 24.6 Å². The molecule has 0 bridgehead atoms. The van der Waals surface area contributed by atoms with Gasteiger partial charge < -0.3 is 5.32 Å². The number of benzene rings is 2. The topological polar surface area (TPSA) is 24.4 Å². The minimum Gasteiger partial charge on any atom is -0.376 e. The van der Waals surface area contributed by atoms with Crippen LogP contribution in [0.5, 0.6) is 0 Å². The minimum atomic E-state index is 0.304. The van der Waals surface area contributed by atoms with Crippen molar-refractivity contribution in [2.75, 3.05) is 5.32 Å². The van der Waals surface area contributed by atoms with E-state index >= 15 is 0 Å². The van der Waals surface area contributed by atoms with Crippen LogP contribution in [-0.4, -0.2) is 5.71 Å². The Balaban J connectivity index is 2.00. The second kappa shape index (κ2) is 4.65. The Morgan fingerprint density at radius 2 is 1.72 bits per heavy atom. The average Bonchev–Trinajstić information content (AvgIpc) is 2.57. The molecule has 90 valence electrons. The van der Waals surface area contributed by atoms with Gasteiger partial charge >= 0.3 is 0 Å².